The lowest BCUT2D eigenvalue weighted by Crippen LogP contribution is -2.51. The Hall–Kier alpha value is -4.25. The van der Waals surface area contributed by atoms with Gasteiger partial charge in [-0.15, -0.1) is 0 Å². The van der Waals surface area contributed by atoms with Crippen LogP contribution in [0.15, 0.2) is 71.6 Å². The summed E-state index contributed by atoms with van der Waals surface area (Å²) in [5.41, 5.74) is 1.95. The summed E-state index contributed by atoms with van der Waals surface area (Å²) in [4.78, 5) is 28.6. The molecule has 0 aliphatic carbocycles. The van der Waals surface area contributed by atoms with Crippen molar-refractivity contribution in [3.8, 4) is 17.2 Å². The van der Waals surface area contributed by atoms with E-state index in [0.717, 1.165) is 15.4 Å². The number of hydrogen-bond acceptors (Lipinski definition) is 7. The molecule has 0 fully saturated rings. The van der Waals surface area contributed by atoms with Gasteiger partial charge in [0.05, 0.1) is 31.9 Å². The van der Waals surface area contributed by atoms with Crippen molar-refractivity contribution < 1.29 is 32.2 Å². The fourth-order valence-corrected chi connectivity index (χ4v) is 5.78. The summed E-state index contributed by atoms with van der Waals surface area (Å²) in [7, 11) is 0.141. The number of anilines is 1. The van der Waals surface area contributed by atoms with Crippen LogP contribution in [0.1, 0.15) is 31.9 Å². The number of sulfonamides is 1. The summed E-state index contributed by atoms with van der Waals surface area (Å²) in [6, 6.07) is 17.4. The van der Waals surface area contributed by atoms with E-state index in [4.69, 9.17) is 14.2 Å². The van der Waals surface area contributed by atoms with Crippen LogP contribution >= 0.6 is 0 Å². The van der Waals surface area contributed by atoms with Gasteiger partial charge in [0.2, 0.25) is 11.8 Å². The van der Waals surface area contributed by atoms with Gasteiger partial charge in [0, 0.05) is 19.2 Å². The van der Waals surface area contributed by atoms with Crippen molar-refractivity contribution in [1.82, 2.24) is 10.2 Å². The molecule has 10 nitrogen and oxygen atoms in total. The molecule has 232 valence electrons. The van der Waals surface area contributed by atoms with E-state index in [1.54, 1.807) is 56.5 Å². The summed E-state index contributed by atoms with van der Waals surface area (Å²) in [5.74, 6) is 0.509. The minimum absolute atomic E-state index is 0.0600. The molecular weight excluding hydrogens is 570 g/mol. The molecule has 0 unspecified atom stereocenters. The number of amides is 2. The maximum atomic E-state index is 14.1. The minimum Gasteiger partial charge on any atom is -0.497 e. The second-order valence-corrected chi connectivity index (χ2v) is 12.4. The second kappa shape index (κ2) is 14.8. The van der Waals surface area contributed by atoms with Crippen LogP contribution < -0.4 is 23.8 Å². The number of carbonyl (C=O) groups excluding carboxylic acids is 2. The Morgan fingerprint density at radius 1 is 0.860 bits per heavy atom. The zero-order valence-electron chi connectivity index (χ0n) is 25.8. The normalized spacial score (nSPS) is 11.9. The van der Waals surface area contributed by atoms with Gasteiger partial charge in [-0.1, -0.05) is 43.7 Å². The van der Waals surface area contributed by atoms with E-state index in [2.05, 4.69) is 5.32 Å². The van der Waals surface area contributed by atoms with E-state index in [0.29, 0.717) is 23.7 Å². The van der Waals surface area contributed by atoms with E-state index in [1.165, 1.54) is 37.3 Å². The number of ether oxygens (including phenoxy) is 3. The van der Waals surface area contributed by atoms with Gasteiger partial charge in [-0.05, 0) is 61.7 Å². The van der Waals surface area contributed by atoms with Crippen LogP contribution in [0.4, 0.5) is 5.69 Å². The Morgan fingerprint density at radius 2 is 1.53 bits per heavy atom. The lowest BCUT2D eigenvalue weighted by Gasteiger charge is -2.32. The maximum absolute atomic E-state index is 14.1. The number of rotatable bonds is 14. The molecule has 0 aromatic heterocycles. The Morgan fingerprint density at radius 3 is 2.14 bits per heavy atom. The van der Waals surface area contributed by atoms with Crippen molar-refractivity contribution in [1.29, 1.82) is 0 Å². The largest absolute Gasteiger partial charge is 0.497 e. The highest BCUT2D eigenvalue weighted by molar-refractivity contribution is 7.92. The van der Waals surface area contributed by atoms with Crippen LogP contribution in [-0.2, 0) is 26.2 Å². The van der Waals surface area contributed by atoms with E-state index >= 15 is 0 Å². The molecule has 3 aromatic rings. The molecule has 0 aliphatic heterocycles. The molecule has 0 bridgehead atoms. The fraction of sp³-hybridized carbons (Fsp3) is 0.375. The lowest BCUT2D eigenvalue weighted by molar-refractivity contribution is -0.139. The number of benzene rings is 3. The monoisotopic (exact) mass is 611 g/mol. The quantitative estimate of drug-likeness (QED) is 0.287. The molecule has 0 radical (unpaired) electrons. The third-order valence-electron chi connectivity index (χ3n) is 6.88. The van der Waals surface area contributed by atoms with Gasteiger partial charge in [0.1, 0.15) is 18.3 Å². The predicted molar refractivity (Wildman–Crippen MR) is 166 cm³/mol. The molecule has 0 saturated heterocycles. The first kappa shape index (κ1) is 33.3. The molecule has 2 amide bonds. The van der Waals surface area contributed by atoms with Gasteiger partial charge in [-0.3, -0.25) is 13.9 Å². The average Bonchev–Trinajstić information content (AvgIpc) is 3.00. The first-order chi connectivity index (χ1) is 20.4. The molecule has 0 saturated carbocycles. The number of nitrogens with zero attached hydrogens (tertiary/aromatic N) is 2. The van der Waals surface area contributed by atoms with Gasteiger partial charge >= 0.3 is 0 Å². The van der Waals surface area contributed by atoms with Crippen molar-refractivity contribution in [2.75, 3.05) is 38.7 Å². The van der Waals surface area contributed by atoms with Crippen LogP contribution in [0.25, 0.3) is 0 Å². The maximum Gasteiger partial charge on any atom is 0.264 e. The third-order valence-corrected chi connectivity index (χ3v) is 8.65. The Bertz CT molecular complexity index is 1510. The summed E-state index contributed by atoms with van der Waals surface area (Å²) in [6.45, 7) is 7.41. The molecule has 3 rings (SSSR count). The van der Waals surface area contributed by atoms with Gasteiger partial charge in [0.15, 0.2) is 11.5 Å². The number of nitrogens with one attached hydrogen (secondary N) is 1. The number of carbonyl (C=O) groups is 2. The van der Waals surface area contributed by atoms with Crippen molar-refractivity contribution in [2.45, 2.75) is 45.2 Å². The highest BCUT2D eigenvalue weighted by atomic mass is 32.2. The molecular formula is C32H41N3O7S. The van der Waals surface area contributed by atoms with E-state index in [-0.39, 0.29) is 29.0 Å². The molecule has 0 heterocycles. The van der Waals surface area contributed by atoms with E-state index < -0.39 is 28.5 Å². The fourth-order valence-electron chi connectivity index (χ4n) is 4.35. The lowest BCUT2D eigenvalue weighted by atomic mass is 10.1. The molecule has 3 aromatic carbocycles. The Balaban J connectivity index is 2.06. The molecule has 1 atom stereocenters. The van der Waals surface area contributed by atoms with Crippen molar-refractivity contribution in [3.63, 3.8) is 0 Å². The van der Waals surface area contributed by atoms with Gasteiger partial charge < -0.3 is 24.4 Å². The predicted octanol–water partition coefficient (Wildman–Crippen LogP) is 4.41. The zero-order valence-corrected chi connectivity index (χ0v) is 26.6. The van der Waals surface area contributed by atoms with Crippen LogP contribution in [0.5, 0.6) is 17.2 Å². The van der Waals surface area contributed by atoms with Gasteiger partial charge in [-0.2, -0.15) is 0 Å². The third kappa shape index (κ3) is 8.41. The highest BCUT2D eigenvalue weighted by Crippen LogP contribution is 2.32. The minimum atomic E-state index is -4.27. The molecule has 0 aliphatic rings. The summed E-state index contributed by atoms with van der Waals surface area (Å²) < 4.78 is 45.3. The summed E-state index contributed by atoms with van der Waals surface area (Å²) in [6.07, 6.45) is 0. The first-order valence-corrected chi connectivity index (χ1v) is 15.4. The Labute approximate surface area is 254 Å². The van der Waals surface area contributed by atoms with Crippen LogP contribution in [0, 0.1) is 12.8 Å². The van der Waals surface area contributed by atoms with Crippen molar-refractivity contribution in [2.24, 2.45) is 5.92 Å². The molecule has 43 heavy (non-hydrogen) atoms. The summed E-state index contributed by atoms with van der Waals surface area (Å²) in [5, 5.41) is 2.88. The van der Waals surface area contributed by atoms with Crippen LogP contribution in [0.2, 0.25) is 0 Å². The van der Waals surface area contributed by atoms with Gasteiger partial charge in [-0.25, -0.2) is 8.42 Å². The van der Waals surface area contributed by atoms with E-state index in [9.17, 15) is 18.0 Å². The first-order valence-electron chi connectivity index (χ1n) is 13.9. The number of methoxy groups -OCH3 is 3. The standard InChI is InChI=1S/C32H41N3O7S/c1-22(2)19-33-32(37)24(4)34(20-25-9-8-10-27(17-25)40-5)31(36)21-35(26-13-11-23(3)12-14-26)43(38,39)28-15-16-29(41-6)30(18-28)42-7/h8-18,22,24H,19-21H2,1-7H3,(H,33,37)/t24-/m0/s1. The second-order valence-electron chi connectivity index (χ2n) is 10.6. The number of hydrogen-bond donors (Lipinski definition) is 1. The van der Waals surface area contributed by atoms with Crippen molar-refractivity contribution in [3.05, 3.63) is 77.9 Å². The van der Waals surface area contributed by atoms with Crippen molar-refractivity contribution >= 4 is 27.5 Å². The SMILES string of the molecule is COc1cccc(CN(C(=O)CN(c2ccc(C)cc2)S(=O)(=O)c2ccc(OC)c(OC)c2)[C@@H](C)C(=O)NCC(C)C)c1. The highest BCUT2D eigenvalue weighted by Gasteiger charge is 2.33. The zero-order chi connectivity index (χ0) is 31.7. The van der Waals surface area contributed by atoms with Gasteiger partial charge in [0.25, 0.3) is 10.0 Å². The smallest absolute Gasteiger partial charge is 0.264 e. The number of aryl methyl sites for hydroxylation is 1. The van der Waals surface area contributed by atoms with Crippen LogP contribution in [0.3, 0.4) is 0 Å². The Kier molecular flexibility index (Phi) is 11.4. The molecule has 11 heteroatoms. The topological polar surface area (TPSA) is 114 Å². The molecule has 0 spiro atoms. The van der Waals surface area contributed by atoms with E-state index in [1.807, 2.05) is 26.8 Å². The summed E-state index contributed by atoms with van der Waals surface area (Å²) >= 11 is 0. The van der Waals surface area contributed by atoms with Crippen LogP contribution in [-0.4, -0.2) is 65.6 Å². The average molecular weight is 612 g/mol. The molecule has 1 N–H and O–H groups in total.